The van der Waals surface area contributed by atoms with Gasteiger partial charge in [0.2, 0.25) is 0 Å². The van der Waals surface area contributed by atoms with Crippen molar-refractivity contribution >= 4 is 15.8 Å². The first-order chi connectivity index (χ1) is 14.6. The standard InChI is InChI=1S/C26H28O4S/c1-17(2)15-25(26(27)28)21-11-14-23(19-9-12-22(13-10-19)31(4,29)30)24(16-21)20-7-5-18(3)6-8-20/h5-14,16-17,25H,15H2,1-4H3,(H,27,28). The van der Waals surface area contributed by atoms with Crippen LogP contribution in [0.15, 0.2) is 71.6 Å². The van der Waals surface area contributed by atoms with Crippen LogP contribution in [0.25, 0.3) is 22.3 Å². The molecule has 0 aliphatic rings. The monoisotopic (exact) mass is 436 g/mol. The summed E-state index contributed by atoms with van der Waals surface area (Å²) in [5.74, 6) is -1.15. The number of carboxylic acids is 1. The molecule has 0 aliphatic carbocycles. The molecule has 0 heterocycles. The number of benzene rings is 3. The SMILES string of the molecule is Cc1ccc(-c2cc(C(CC(C)C)C(=O)O)ccc2-c2ccc(S(C)(=O)=O)cc2)cc1. The Hall–Kier alpha value is -2.92. The van der Waals surface area contributed by atoms with Gasteiger partial charge in [0.05, 0.1) is 10.8 Å². The van der Waals surface area contributed by atoms with E-state index < -0.39 is 21.7 Å². The van der Waals surface area contributed by atoms with Crippen LogP contribution in [-0.4, -0.2) is 25.7 Å². The summed E-state index contributed by atoms with van der Waals surface area (Å²) in [6.07, 6.45) is 1.75. The maximum absolute atomic E-state index is 12.0. The first-order valence-electron chi connectivity index (χ1n) is 10.3. The molecule has 1 N–H and O–H groups in total. The summed E-state index contributed by atoms with van der Waals surface area (Å²) in [7, 11) is -3.27. The second-order valence-corrected chi connectivity index (χ2v) is 10.5. The molecule has 4 nitrogen and oxygen atoms in total. The Bertz CT molecular complexity index is 1180. The number of sulfone groups is 1. The van der Waals surface area contributed by atoms with Gasteiger partial charge in [-0.3, -0.25) is 4.79 Å². The van der Waals surface area contributed by atoms with E-state index >= 15 is 0 Å². The number of carboxylic acid groups (broad SMARTS) is 1. The Balaban J connectivity index is 2.17. The fourth-order valence-electron chi connectivity index (χ4n) is 3.73. The zero-order chi connectivity index (χ0) is 22.8. The molecule has 0 aliphatic heterocycles. The number of carbonyl (C=O) groups is 1. The molecule has 0 spiro atoms. The van der Waals surface area contributed by atoms with Gasteiger partial charge in [0.15, 0.2) is 9.84 Å². The van der Waals surface area contributed by atoms with Gasteiger partial charge in [-0.1, -0.05) is 67.9 Å². The van der Waals surface area contributed by atoms with E-state index in [4.69, 9.17) is 0 Å². The Labute approximate surface area is 184 Å². The van der Waals surface area contributed by atoms with Crippen LogP contribution in [0.1, 0.15) is 37.3 Å². The van der Waals surface area contributed by atoms with Crippen LogP contribution in [0.5, 0.6) is 0 Å². The minimum atomic E-state index is -3.27. The number of rotatable bonds is 7. The third kappa shape index (κ3) is 5.42. The van der Waals surface area contributed by atoms with Crippen molar-refractivity contribution in [1.29, 1.82) is 0 Å². The van der Waals surface area contributed by atoms with E-state index in [2.05, 4.69) is 0 Å². The quantitative estimate of drug-likeness (QED) is 0.497. The lowest BCUT2D eigenvalue weighted by atomic mass is 9.86. The van der Waals surface area contributed by atoms with Crippen molar-refractivity contribution in [2.45, 2.75) is 38.0 Å². The molecule has 1 atom stereocenters. The molecule has 0 saturated carbocycles. The number of hydrogen-bond donors (Lipinski definition) is 1. The lowest BCUT2D eigenvalue weighted by molar-refractivity contribution is -0.139. The van der Waals surface area contributed by atoms with Gasteiger partial charge in [-0.25, -0.2) is 8.42 Å². The van der Waals surface area contributed by atoms with Crippen LogP contribution in [-0.2, 0) is 14.6 Å². The van der Waals surface area contributed by atoms with Crippen molar-refractivity contribution in [2.24, 2.45) is 5.92 Å². The van der Waals surface area contributed by atoms with Gasteiger partial charge >= 0.3 is 5.97 Å². The Kier molecular flexibility index (Phi) is 6.65. The predicted octanol–water partition coefficient (Wildman–Crippen LogP) is 5.95. The zero-order valence-electron chi connectivity index (χ0n) is 18.3. The lowest BCUT2D eigenvalue weighted by Crippen LogP contribution is -2.14. The Morgan fingerprint density at radius 1 is 0.871 bits per heavy atom. The summed E-state index contributed by atoms with van der Waals surface area (Å²) in [5, 5.41) is 9.81. The molecule has 0 amide bonds. The van der Waals surface area contributed by atoms with E-state index in [0.717, 1.165) is 33.4 Å². The zero-order valence-corrected chi connectivity index (χ0v) is 19.1. The highest BCUT2D eigenvalue weighted by molar-refractivity contribution is 7.90. The molecular formula is C26H28O4S. The third-order valence-corrected chi connectivity index (χ3v) is 6.54. The van der Waals surface area contributed by atoms with E-state index in [1.54, 1.807) is 24.3 Å². The molecule has 5 heteroatoms. The molecule has 3 aromatic carbocycles. The van der Waals surface area contributed by atoms with E-state index in [1.807, 2.05) is 63.2 Å². The predicted molar refractivity (Wildman–Crippen MR) is 125 cm³/mol. The average Bonchev–Trinajstić information content (AvgIpc) is 2.71. The summed E-state index contributed by atoms with van der Waals surface area (Å²) in [6, 6.07) is 20.7. The smallest absolute Gasteiger partial charge is 0.310 e. The first kappa shape index (κ1) is 22.8. The van der Waals surface area contributed by atoms with Crippen molar-refractivity contribution in [3.63, 3.8) is 0 Å². The maximum atomic E-state index is 12.0. The van der Waals surface area contributed by atoms with Gasteiger partial charge in [-0.15, -0.1) is 0 Å². The van der Waals surface area contributed by atoms with Crippen molar-refractivity contribution in [1.82, 2.24) is 0 Å². The van der Waals surface area contributed by atoms with Gasteiger partial charge in [-0.2, -0.15) is 0 Å². The van der Waals surface area contributed by atoms with E-state index in [0.29, 0.717) is 6.42 Å². The van der Waals surface area contributed by atoms with Crippen LogP contribution in [0.4, 0.5) is 0 Å². The van der Waals surface area contributed by atoms with Crippen LogP contribution < -0.4 is 0 Å². The second-order valence-electron chi connectivity index (χ2n) is 8.49. The summed E-state index contributed by atoms with van der Waals surface area (Å²) >= 11 is 0. The fraction of sp³-hybridized carbons (Fsp3) is 0.269. The van der Waals surface area contributed by atoms with Crippen LogP contribution in [0, 0.1) is 12.8 Å². The minimum Gasteiger partial charge on any atom is -0.481 e. The summed E-state index contributed by atoms with van der Waals surface area (Å²) < 4.78 is 23.6. The van der Waals surface area contributed by atoms with Gasteiger partial charge in [-0.05, 0) is 65.3 Å². The molecular weight excluding hydrogens is 408 g/mol. The van der Waals surface area contributed by atoms with Gasteiger partial charge in [0.25, 0.3) is 0 Å². The lowest BCUT2D eigenvalue weighted by Gasteiger charge is -2.19. The van der Waals surface area contributed by atoms with Gasteiger partial charge in [0.1, 0.15) is 0 Å². The molecule has 0 aromatic heterocycles. The molecule has 31 heavy (non-hydrogen) atoms. The van der Waals surface area contributed by atoms with Crippen LogP contribution in [0.3, 0.4) is 0 Å². The number of aliphatic carboxylic acids is 1. The third-order valence-electron chi connectivity index (χ3n) is 5.41. The second kappa shape index (κ2) is 9.06. The Morgan fingerprint density at radius 2 is 1.42 bits per heavy atom. The van der Waals surface area contributed by atoms with Gasteiger partial charge in [0, 0.05) is 6.26 Å². The molecule has 0 saturated heterocycles. The van der Waals surface area contributed by atoms with E-state index in [-0.39, 0.29) is 10.8 Å². The molecule has 0 bridgehead atoms. The topological polar surface area (TPSA) is 71.4 Å². The van der Waals surface area contributed by atoms with Crippen molar-refractivity contribution in [2.75, 3.05) is 6.26 Å². The van der Waals surface area contributed by atoms with Crippen molar-refractivity contribution < 1.29 is 18.3 Å². The van der Waals surface area contributed by atoms with Gasteiger partial charge < -0.3 is 5.11 Å². The normalized spacial score (nSPS) is 12.7. The number of aryl methyl sites for hydroxylation is 1. The number of hydrogen-bond acceptors (Lipinski definition) is 3. The molecule has 0 radical (unpaired) electrons. The molecule has 162 valence electrons. The molecule has 0 fully saturated rings. The molecule has 1 unspecified atom stereocenters. The van der Waals surface area contributed by atoms with Crippen LogP contribution in [0.2, 0.25) is 0 Å². The van der Waals surface area contributed by atoms with E-state index in [9.17, 15) is 18.3 Å². The summed E-state index contributed by atoms with van der Waals surface area (Å²) in [4.78, 5) is 12.2. The minimum absolute atomic E-state index is 0.257. The van der Waals surface area contributed by atoms with Crippen molar-refractivity contribution in [3.05, 3.63) is 77.9 Å². The first-order valence-corrected chi connectivity index (χ1v) is 12.2. The molecule has 3 aromatic rings. The van der Waals surface area contributed by atoms with Crippen LogP contribution >= 0.6 is 0 Å². The Morgan fingerprint density at radius 3 is 1.94 bits per heavy atom. The maximum Gasteiger partial charge on any atom is 0.310 e. The highest BCUT2D eigenvalue weighted by atomic mass is 32.2. The summed E-state index contributed by atoms with van der Waals surface area (Å²) in [6.45, 7) is 6.07. The highest BCUT2D eigenvalue weighted by Gasteiger charge is 2.22. The largest absolute Gasteiger partial charge is 0.481 e. The fourth-order valence-corrected chi connectivity index (χ4v) is 4.37. The van der Waals surface area contributed by atoms with E-state index in [1.165, 1.54) is 6.26 Å². The highest BCUT2D eigenvalue weighted by Crippen LogP contribution is 2.36. The average molecular weight is 437 g/mol. The molecule has 3 rings (SSSR count). The summed E-state index contributed by atoms with van der Waals surface area (Å²) in [5.41, 5.74) is 5.64. The van der Waals surface area contributed by atoms with Crippen molar-refractivity contribution in [3.8, 4) is 22.3 Å².